The Hall–Kier alpha value is -2.03. The fraction of sp³-hybridized carbons (Fsp3) is 0.400. The van der Waals surface area contributed by atoms with Crippen molar-refractivity contribution >= 4 is 21.9 Å². The molecule has 0 aromatic carbocycles. The van der Waals surface area contributed by atoms with Gasteiger partial charge < -0.3 is 4.74 Å². The highest BCUT2D eigenvalue weighted by Gasteiger charge is 2.12. The molecule has 1 heterocycles. The zero-order chi connectivity index (χ0) is 15.1. The first-order chi connectivity index (χ1) is 8.65. The predicted octanol–water partition coefficient (Wildman–Crippen LogP) is -1.23. The highest BCUT2D eigenvalue weighted by molar-refractivity contribution is 7.89. The number of hydrogen-bond acceptors (Lipinski definition) is 6. The molecular weight excluding hydrogens is 274 g/mol. The van der Waals surface area contributed by atoms with Gasteiger partial charge in [0.2, 0.25) is 10.0 Å². The Bertz CT molecular complexity index is 539. The van der Waals surface area contributed by atoms with Crippen molar-refractivity contribution in [2.24, 2.45) is 7.05 Å². The molecule has 1 aromatic heterocycles. The third-order valence-corrected chi connectivity index (χ3v) is 2.23. The molecule has 0 aliphatic heterocycles. The maximum Gasteiger partial charge on any atom is 0.302 e. The lowest BCUT2D eigenvalue weighted by atomic mass is 10.3. The molecule has 0 spiro atoms. The molecule has 0 aliphatic carbocycles. The Balaban J connectivity index is 0.000000555. The molecule has 0 aliphatic rings. The van der Waals surface area contributed by atoms with Crippen LogP contribution in [0.25, 0.3) is 0 Å². The van der Waals surface area contributed by atoms with Crippen LogP contribution in [0.3, 0.4) is 0 Å². The lowest BCUT2D eigenvalue weighted by Crippen LogP contribution is -2.34. The van der Waals surface area contributed by atoms with E-state index in [1.807, 2.05) is 4.72 Å². The molecule has 0 fully saturated rings. The third kappa shape index (κ3) is 8.66. The highest BCUT2D eigenvalue weighted by Crippen LogP contribution is 1.93. The van der Waals surface area contributed by atoms with Gasteiger partial charge in [-0.3, -0.25) is 9.59 Å². The van der Waals surface area contributed by atoms with Gasteiger partial charge >= 0.3 is 5.97 Å². The van der Waals surface area contributed by atoms with Crippen LogP contribution >= 0.6 is 0 Å². The second-order valence-corrected chi connectivity index (χ2v) is 5.24. The second kappa shape index (κ2) is 7.41. The van der Waals surface area contributed by atoms with Gasteiger partial charge in [0.25, 0.3) is 5.91 Å². The van der Waals surface area contributed by atoms with Crippen LogP contribution in [0.15, 0.2) is 18.5 Å². The average Bonchev–Trinajstić information content (AvgIpc) is 2.28. The fourth-order valence-electron chi connectivity index (χ4n) is 0.785. The number of methoxy groups -OCH3 is 1. The van der Waals surface area contributed by atoms with Gasteiger partial charge in [-0.05, 0) is 5.10 Å². The molecular formula is C10H16N3O5S+. The Morgan fingerprint density at radius 3 is 2.26 bits per heavy atom. The number of carbonyl (C=O) groups excluding carboxylic acids is 2. The number of carbonyl (C=O) groups is 2. The first-order valence-corrected chi connectivity index (χ1v) is 6.93. The number of ether oxygens (including phenoxy) is 1. The van der Waals surface area contributed by atoms with Gasteiger partial charge in [0.1, 0.15) is 6.20 Å². The third-order valence-electron chi connectivity index (χ3n) is 1.68. The Morgan fingerprint density at radius 1 is 1.42 bits per heavy atom. The molecule has 0 saturated heterocycles. The van der Waals surface area contributed by atoms with E-state index in [4.69, 9.17) is 0 Å². The zero-order valence-electron chi connectivity index (χ0n) is 11.1. The number of nitrogens with zero attached hydrogens (tertiary/aromatic N) is 2. The number of amides is 1. The summed E-state index contributed by atoms with van der Waals surface area (Å²) >= 11 is 0. The molecule has 1 N–H and O–H groups in total. The number of rotatable bonds is 2. The van der Waals surface area contributed by atoms with E-state index >= 15 is 0 Å². The number of hydrogen-bond donors (Lipinski definition) is 1. The summed E-state index contributed by atoms with van der Waals surface area (Å²) in [6.45, 7) is 1.36. The van der Waals surface area contributed by atoms with Gasteiger partial charge in [-0.15, -0.1) is 0 Å². The lowest BCUT2D eigenvalue weighted by Gasteiger charge is -1.99. The van der Waals surface area contributed by atoms with Crippen LogP contribution in [0.2, 0.25) is 0 Å². The van der Waals surface area contributed by atoms with Crippen LogP contribution in [-0.2, 0) is 26.6 Å². The molecule has 0 unspecified atom stereocenters. The number of aryl methyl sites for hydroxylation is 1. The molecule has 1 aromatic rings. The summed E-state index contributed by atoms with van der Waals surface area (Å²) in [5.74, 6) is -0.925. The van der Waals surface area contributed by atoms with Crippen LogP contribution in [-0.4, -0.2) is 38.8 Å². The van der Waals surface area contributed by atoms with E-state index in [1.54, 1.807) is 13.2 Å². The summed E-state index contributed by atoms with van der Waals surface area (Å²) in [6, 6.07) is 1.48. The Labute approximate surface area is 111 Å². The first-order valence-electron chi connectivity index (χ1n) is 5.04. The maximum absolute atomic E-state index is 11.2. The number of nitrogens with one attached hydrogen (secondary N) is 1. The van der Waals surface area contributed by atoms with Gasteiger partial charge in [-0.1, -0.05) is 4.68 Å². The largest absolute Gasteiger partial charge is 0.469 e. The Morgan fingerprint density at radius 2 is 1.95 bits per heavy atom. The molecule has 8 nitrogen and oxygen atoms in total. The van der Waals surface area contributed by atoms with Crippen molar-refractivity contribution in [3.05, 3.63) is 24.0 Å². The molecule has 9 heteroatoms. The van der Waals surface area contributed by atoms with E-state index in [0.717, 1.165) is 6.26 Å². The van der Waals surface area contributed by atoms with Crippen LogP contribution in [0.5, 0.6) is 0 Å². The normalized spacial score (nSPS) is 9.89. The maximum atomic E-state index is 11.2. The Kier molecular flexibility index (Phi) is 6.62. The van der Waals surface area contributed by atoms with Crippen molar-refractivity contribution in [2.75, 3.05) is 13.4 Å². The van der Waals surface area contributed by atoms with Crippen molar-refractivity contribution in [1.29, 1.82) is 0 Å². The number of esters is 1. The van der Waals surface area contributed by atoms with Crippen LogP contribution in [0.1, 0.15) is 17.3 Å². The van der Waals surface area contributed by atoms with Gasteiger partial charge in [-0.25, -0.2) is 13.1 Å². The number of sulfonamides is 1. The molecule has 0 atom stereocenters. The minimum absolute atomic E-state index is 0.202. The van der Waals surface area contributed by atoms with E-state index in [-0.39, 0.29) is 11.5 Å². The van der Waals surface area contributed by atoms with Crippen molar-refractivity contribution in [3.63, 3.8) is 0 Å². The molecule has 1 amide bonds. The first kappa shape index (κ1) is 17.0. The lowest BCUT2D eigenvalue weighted by molar-refractivity contribution is -0.730. The summed E-state index contributed by atoms with van der Waals surface area (Å²) in [5.41, 5.74) is 0.202. The highest BCUT2D eigenvalue weighted by atomic mass is 32.2. The van der Waals surface area contributed by atoms with Gasteiger partial charge in [-0.2, -0.15) is 0 Å². The zero-order valence-corrected chi connectivity index (χ0v) is 11.9. The summed E-state index contributed by atoms with van der Waals surface area (Å²) in [6.07, 6.45) is 3.76. The molecule has 0 radical (unpaired) electrons. The van der Waals surface area contributed by atoms with E-state index in [1.165, 1.54) is 31.0 Å². The summed E-state index contributed by atoms with van der Waals surface area (Å²) < 4.78 is 28.9. The van der Waals surface area contributed by atoms with E-state index in [0.29, 0.717) is 0 Å². The fourth-order valence-corrected chi connectivity index (χ4v) is 1.24. The minimum Gasteiger partial charge on any atom is -0.469 e. The SMILES string of the molecule is COC(C)=O.C[n+]1ccc(C(=O)NS(C)(=O)=O)cn1. The van der Waals surface area contributed by atoms with Crippen LogP contribution in [0, 0.1) is 0 Å². The molecule has 1 rings (SSSR count). The average molecular weight is 290 g/mol. The van der Waals surface area contributed by atoms with Crippen molar-refractivity contribution in [1.82, 2.24) is 9.82 Å². The van der Waals surface area contributed by atoms with Crippen LogP contribution in [0.4, 0.5) is 0 Å². The van der Waals surface area contributed by atoms with E-state index in [9.17, 15) is 18.0 Å². The summed E-state index contributed by atoms with van der Waals surface area (Å²) in [7, 11) is -0.474. The summed E-state index contributed by atoms with van der Waals surface area (Å²) in [5, 5.41) is 3.79. The van der Waals surface area contributed by atoms with Gasteiger partial charge in [0.05, 0.1) is 18.9 Å². The predicted molar refractivity (Wildman–Crippen MR) is 65.4 cm³/mol. The monoisotopic (exact) mass is 290 g/mol. The van der Waals surface area contributed by atoms with Gasteiger partial charge in [0.15, 0.2) is 13.2 Å². The standard InChI is InChI=1S/C7H9N3O3S.C3H6O2/c1-10-4-3-6(5-8-10)7(11)9-14(2,12)13;1-3(4)5-2/h3-5H,1-2H3;1-2H3/p+1. The second-order valence-electron chi connectivity index (χ2n) is 3.49. The van der Waals surface area contributed by atoms with Crippen molar-refractivity contribution in [3.8, 4) is 0 Å². The quantitative estimate of drug-likeness (QED) is 0.540. The summed E-state index contributed by atoms with van der Waals surface area (Å²) in [4.78, 5) is 20.8. The topological polar surface area (TPSA) is 106 Å². The molecule has 0 saturated carbocycles. The number of aromatic nitrogens is 2. The molecule has 0 bridgehead atoms. The minimum atomic E-state index is -3.52. The van der Waals surface area contributed by atoms with Crippen molar-refractivity contribution < 1.29 is 27.4 Å². The molecule has 106 valence electrons. The van der Waals surface area contributed by atoms with Crippen molar-refractivity contribution in [2.45, 2.75) is 6.92 Å². The van der Waals surface area contributed by atoms with E-state index in [2.05, 4.69) is 9.84 Å². The van der Waals surface area contributed by atoms with E-state index < -0.39 is 15.9 Å². The smallest absolute Gasteiger partial charge is 0.302 e. The van der Waals surface area contributed by atoms with Crippen LogP contribution < -0.4 is 9.40 Å². The molecule has 19 heavy (non-hydrogen) atoms. The van der Waals surface area contributed by atoms with Gasteiger partial charge in [0, 0.05) is 13.0 Å².